The fourth-order valence-corrected chi connectivity index (χ4v) is 3.43. The number of aromatic hydroxyl groups is 1. The van der Waals surface area contributed by atoms with E-state index in [1.54, 1.807) is 26.2 Å². The number of phenols is 1. The number of carbonyl (C=O) groups is 1. The number of benzene rings is 2. The number of phenolic OH excluding ortho intramolecular Hbond substituents is 1. The lowest BCUT2D eigenvalue weighted by atomic mass is 9.96. The van der Waals surface area contributed by atoms with Gasteiger partial charge in [-0.1, -0.05) is 36.0 Å². The van der Waals surface area contributed by atoms with E-state index in [9.17, 15) is 23.1 Å². The monoisotopic (exact) mass is 485 g/mol. The predicted octanol–water partition coefficient (Wildman–Crippen LogP) is 7.45. The van der Waals surface area contributed by atoms with Gasteiger partial charge in [0, 0.05) is 11.8 Å². The number of anilines is 1. The Bertz CT molecular complexity index is 1220. The molecule has 0 fully saturated rings. The van der Waals surface area contributed by atoms with Crippen molar-refractivity contribution in [2.24, 2.45) is 0 Å². The second-order valence-corrected chi connectivity index (χ2v) is 8.27. The number of hydrogen-bond donors (Lipinski definition) is 2. The van der Waals surface area contributed by atoms with Crippen LogP contribution in [0.4, 0.5) is 18.9 Å². The van der Waals surface area contributed by atoms with Crippen molar-refractivity contribution in [1.82, 2.24) is 0 Å². The first kappa shape index (κ1) is 27.5. The van der Waals surface area contributed by atoms with Crippen LogP contribution in [0.1, 0.15) is 41.7 Å². The molecule has 0 aliphatic carbocycles. The summed E-state index contributed by atoms with van der Waals surface area (Å²) in [5.74, 6) is -0.606. The van der Waals surface area contributed by atoms with E-state index in [0.717, 1.165) is 39.6 Å². The highest BCUT2D eigenvalue weighted by molar-refractivity contribution is 6.00. The van der Waals surface area contributed by atoms with Crippen molar-refractivity contribution in [3.05, 3.63) is 93.6 Å². The Morgan fingerprint density at radius 3 is 2.34 bits per heavy atom. The van der Waals surface area contributed by atoms with Crippen molar-refractivity contribution in [3.8, 4) is 11.5 Å². The quantitative estimate of drug-likeness (QED) is 0.243. The molecule has 2 N–H and O–H groups in total. The third kappa shape index (κ3) is 7.64. The van der Waals surface area contributed by atoms with Crippen LogP contribution in [0.2, 0.25) is 0 Å². The van der Waals surface area contributed by atoms with Gasteiger partial charge in [0.25, 0.3) is 0 Å². The fraction of sp³-hybridized carbons (Fsp3) is 0.250. The zero-order chi connectivity index (χ0) is 26.3. The van der Waals surface area contributed by atoms with Crippen molar-refractivity contribution in [2.75, 3.05) is 12.4 Å². The van der Waals surface area contributed by atoms with Crippen LogP contribution in [-0.4, -0.2) is 18.1 Å². The summed E-state index contributed by atoms with van der Waals surface area (Å²) in [6.45, 7) is 9.79. The molecule has 0 bridgehead atoms. The summed E-state index contributed by atoms with van der Waals surface area (Å²) in [7, 11) is 1.66. The van der Waals surface area contributed by atoms with Gasteiger partial charge in [0.2, 0.25) is 5.91 Å². The maximum atomic E-state index is 12.9. The number of hydrogen-bond acceptors (Lipinski definition) is 3. The van der Waals surface area contributed by atoms with Crippen LogP contribution in [0.5, 0.6) is 11.5 Å². The topological polar surface area (TPSA) is 58.6 Å². The van der Waals surface area contributed by atoms with Gasteiger partial charge in [0.05, 0.1) is 12.7 Å². The van der Waals surface area contributed by atoms with E-state index in [2.05, 4.69) is 18.3 Å². The summed E-state index contributed by atoms with van der Waals surface area (Å²) in [6, 6.07) is 4.81. The zero-order valence-electron chi connectivity index (χ0n) is 20.7. The number of nitrogens with one attached hydrogen (secondary N) is 1. The fourth-order valence-electron chi connectivity index (χ4n) is 3.43. The van der Waals surface area contributed by atoms with Crippen molar-refractivity contribution in [1.29, 1.82) is 0 Å². The summed E-state index contributed by atoms with van der Waals surface area (Å²) < 4.78 is 44.1. The number of rotatable bonds is 7. The van der Waals surface area contributed by atoms with Crippen molar-refractivity contribution in [2.45, 2.75) is 40.8 Å². The molecule has 186 valence electrons. The molecule has 0 aliphatic rings. The van der Waals surface area contributed by atoms with Crippen LogP contribution in [0.3, 0.4) is 0 Å². The summed E-state index contributed by atoms with van der Waals surface area (Å²) in [4.78, 5) is 12.2. The van der Waals surface area contributed by atoms with Crippen molar-refractivity contribution >= 4 is 17.7 Å². The second-order valence-electron chi connectivity index (χ2n) is 8.27. The van der Waals surface area contributed by atoms with Gasteiger partial charge in [-0.05, 0) is 86.7 Å². The zero-order valence-corrected chi connectivity index (χ0v) is 20.7. The van der Waals surface area contributed by atoms with E-state index in [4.69, 9.17) is 4.74 Å². The van der Waals surface area contributed by atoms with Crippen LogP contribution >= 0.6 is 0 Å². The molecule has 0 aromatic heterocycles. The highest BCUT2D eigenvalue weighted by atomic mass is 19.4. The normalized spacial score (nSPS) is 13.1. The van der Waals surface area contributed by atoms with Gasteiger partial charge >= 0.3 is 6.18 Å². The summed E-state index contributed by atoms with van der Waals surface area (Å²) in [6.07, 6.45) is 6.02. The Balaban J connectivity index is 2.07. The third-order valence-corrected chi connectivity index (χ3v) is 5.49. The van der Waals surface area contributed by atoms with Crippen LogP contribution in [0, 0.1) is 20.8 Å². The average Bonchev–Trinajstić information content (AvgIpc) is 2.76. The van der Waals surface area contributed by atoms with Crippen LogP contribution in [-0.2, 0) is 11.0 Å². The van der Waals surface area contributed by atoms with E-state index in [0.29, 0.717) is 11.6 Å². The first-order chi connectivity index (χ1) is 16.3. The van der Waals surface area contributed by atoms with E-state index in [1.165, 1.54) is 12.1 Å². The number of halogens is 3. The molecule has 0 radical (unpaired) electrons. The Morgan fingerprint density at radius 2 is 1.71 bits per heavy atom. The molecule has 0 spiro atoms. The number of carbonyl (C=O) groups excluding carboxylic acids is 1. The Kier molecular flexibility index (Phi) is 9.12. The number of amides is 1. The number of alkyl halides is 3. The molecule has 35 heavy (non-hydrogen) atoms. The molecule has 0 atom stereocenters. The third-order valence-electron chi connectivity index (χ3n) is 5.49. The van der Waals surface area contributed by atoms with Gasteiger partial charge in [-0.2, -0.15) is 13.2 Å². The Hall–Kier alpha value is -3.74. The lowest BCUT2D eigenvalue weighted by molar-refractivity contribution is -0.138. The summed E-state index contributed by atoms with van der Waals surface area (Å²) in [5.41, 5.74) is 4.84. The van der Waals surface area contributed by atoms with Gasteiger partial charge < -0.3 is 15.2 Å². The van der Waals surface area contributed by atoms with Gasteiger partial charge in [-0.15, -0.1) is 0 Å². The number of allylic oxidation sites excluding steroid dienone is 6. The first-order valence-corrected chi connectivity index (χ1v) is 10.9. The number of methoxy groups -OCH3 is 1. The van der Waals surface area contributed by atoms with Gasteiger partial charge in [-0.25, -0.2) is 0 Å². The maximum absolute atomic E-state index is 12.9. The maximum Gasteiger partial charge on any atom is 0.420 e. The minimum absolute atomic E-state index is 0.0617. The predicted molar refractivity (Wildman–Crippen MR) is 135 cm³/mol. The molecule has 2 aromatic carbocycles. The summed E-state index contributed by atoms with van der Waals surface area (Å²) >= 11 is 0. The molecule has 2 aromatic rings. The van der Waals surface area contributed by atoms with Crippen LogP contribution in [0.15, 0.2) is 65.8 Å². The molecule has 0 saturated carbocycles. The molecule has 7 heteroatoms. The Labute approximate surface area is 204 Å². The van der Waals surface area contributed by atoms with Crippen LogP contribution in [0.25, 0.3) is 6.08 Å². The molecule has 0 heterocycles. The SMILES string of the molecule is COc1cc(C)c(/C=C/C(C)=C/C=C/C(C)=C/C(=O)Nc2ccc(O)c(C(F)(F)F)c2)c(C)c1C. The average molecular weight is 486 g/mol. The van der Waals surface area contributed by atoms with Gasteiger partial charge in [0.1, 0.15) is 11.5 Å². The number of ether oxygens (including phenoxy) is 1. The van der Waals surface area contributed by atoms with E-state index >= 15 is 0 Å². The van der Waals surface area contributed by atoms with Crippen LogP contribution < -0.4 is 10.1 Å². The van der Waals surface area contributed by atoms with Gasteiger partial charge in [0.15, 0.2) is 0 Å². The van der Waals surface area contributed by atoms with Gasteiger partial charge in [-0.3, -0.25) is 4.79 Å². The molecule has 4 nitrogen and oxygen atoms in total. The molecular weight excluding hydrogens is 455 g/mol. The molecule has 0 saturated heterocycles. The van der Waals surface area contributed by atoms with Crippen molar-refractivity contribution < 1.29 is 27.8 Å². The van der Waals surface area contributed by atoms with E-state index in [-0.39, 0.29) is 5.69 Å². The largest absolute Gasteiger partial charge is 0.507 e. The summed E-state index contributed by atoms with van der Waals surface area (Å²) in [5, 5.41) is 11.8. The molecule has 0 aliphatic heterocycles. The first-order valence-electron chi connectivity index (χ1n) is 10.9. The molecule has 0 unspecified atom stereocenters. The highest BCUT2D eigenvalue weighted by Crippen LogP contribution is 2.37. The standard InChI is InChI=1S/C28H30F3NO3/c1-17(10-12-23-19(3)15-26(35-6)21(5)20(23)4)8-7-9-18(2)14-27(34)32-22-11-13-25(33)24(16-22)28(29,30)31/h7-16,33H,1-6H3,(H,32,34)/b9-7+,12-10+,17-8+,18-14+. The lowest BCUT2D eigenvalue weighted by Crippen LogP contribution is -2.11. The lowest BCUT2D eigenvalue weighted by Gasteiger charge is -2.13. The second kappa shape index (κ2) is 11.6. The minimum Gasteiger partial charge on any atom is -0.507 e. The highest BCUT2D eigenvalue weighted by Gasteiger charge is 2.34. The minimum atomic E-state index is -4.72. The molecule has 2 rings (SSSR count). The molecule has 1 amide bonds. The van der Waals surface area contributed by atoms with E-state index < -0.39 is 23.4 Å². The van der Waals surface area contributed by atoms with E-state index in [1.807, 2.05) is 39.0 Å². The molecular formula is C28H30F3NO3. The smallest absolute Gasteiger partial charge is 0.420 e. The van der Waals surface area contributed by atoms with Crippen molar-refractivity contribution in [3.63, 3.8) is 0 Å². The Morgan fingerprint density at radius 1 is 1.03 bits per heavy atom. The number of aryl methyl sites for hydroxylation is 1.